The van der Waals surface area contributed by atoms with Crippen LogP contribution < -0.4 is 15.8 Å². The highest BCUT2D eigenvalue weighted by Gasteiger charge is 1.95. The molecule has 0 unspecified atom stereocenters. The van der Waals surface area contributed by atoms with Crippen LogP contribution in [0.2, 0.25) is 0 Å². The second kappa shape index (κ2) is 8.94. The van der Waals surface area contributed by atoms with E-state index in [0.29, 0.717) is 13.0 Å². The molecule has 0 heterocycles. The third-order valence-corrected chi connectivity index (χ3v) is 2.92. The van der Waals surface area contributed by atoms with Gasteiger partial charge in [0, 0.05) is 17.4 Å². The normalized spacial score (nSPS) is 10.3. The van der Waals surface area contributed by atoms with E-state index < -0.39 is 0 Å². The summed E-state index contributed by atoms with van der Waals surface area (Å²) in [6.07, 6.45) is 2.27. The number of carbonyl (C=O) groups is 1. The molecule has 0 saturated heterocycles. The second-order valence-electron chi connectivity index (χ2n) is 3.98. The predicted molar refractivity (Wildman–Crippen MR) is 75.6 cm³/mol. The average Bonchev–Trinajstić information content (AvgIpc) is 2.34. The van der Waals surface area contributed by atoms with Crippen LogP contribution in [0, 0.1) is 0 Å². The van der Waals surface area contributed by atoms with Crippen LogP contribution in [0.3, 0.4) is 0 Å². The number of primary amides is 1. The van der Waals surface area contributed by atoms with Crippen molar-refractivity contribution in [3.05, 3.63) is 28.7 Å². The van der Waals surface area contributed by atoms with Crippen molar-refractivity contribution in [1.82, 2.24) is 5.32 Å². The molecular formula is C13H19BrN2O2. The highest BCUT2D eigenvalue weighted by molar-refractivity contribution is 9.10. The molecule has 0 aromatic heterocycles. The minimum atomic E-state index is -0.228. The zero-order valence-corrected chi connectivity index (χ0v) is 11.9. The molecule has 3 N–H and O–H groups in total. The van der Waals surface area contributed by atoms with E-state index in [-0.39, 0.29) is 5.91 Å². The summed E-state index contributed by atoms with van der Waals surface area (Å²) in [5, 5.41) is 3.25. The zero-order valence-electron chi connectivity index (χ0n) is 10.3. The number of unbranched alkanes of at least 4 members (excludes halogenated alkanes) is 1. The van der Waals surface area contributed by atoms with Crippen molar-refractivity contribution in [2.24, 2.45) is 5.73 Å². The highest BCUT2D eigenvalue weighted by atomic mass is 79.9. The van der Waals surface area contributed by atoms with E-state index in [0.717, 1.165) is 36.2 Å². The van der Waals surface area contributed by atoms with Crippen molar-refractivity contribution in [2.45, 2.75) is 19.3 Å². The number of nitrogens with two attached hydrogens (primary N) is 1. The molecular weight excluding hydrogens is 296 g/mol. The molecule has 18 heavy (non-hydrogen) atoms. The maximum Gasteiger partial charge on any atom is 0.217 e. The molecule has 0 atom stereocenters. The second-order valence-corrected chi connectivity index (χ2v) is 4.89. The van der Waals surface area contributed by atoms with Gasteiger partial charge in [-0.1, -0.05) is 15.9 Å². The minimum absolute atomic E-state index is 0.228. The van der Waals surface area contributed by atoms with E-state index in [4.69, 9.17) is 10.5 Å². The Morgan fingerprint density at radius 3 is 2.61 bits per heavy atom. The third kappa shape index (κ3) is 7.29. The molecule has 1 amide bonds. The Hall–Kier alpha value is -1.07. The quantitative estimate of drug-likeness (QED) is 0.686. The van der Waals surface area contributed by atoms with Crippen LogP contribution in [0.25, 0.3) is 0 Å². The van der Waals surface area contributed by atoms with Crippen molar-refractivity contribution in [3.63, 3.8) is 0 Å². The Kier molecular flexibility index (Phi) is 7.44. The van der Waals surface area contributed by atoms with Crippen LogP contribution in [-0.4, -0.2) is 25.6 Å². The lowest BCUT2D eigenvalue weighted by Crippen LogP contribution is -2.22. The van der Waals surface area contributed by atoms with Crippen LogP contribution in [0.5, 0.6) is 5.75 Å². The standard InChI is InChI=1S/C13H19BrN2O2/c14-11-4-6-12(7-5-11)18-10-9-16-8-2-1-3-13(15)17/h4-7,16H,1-3,8-10H2,(H2,15,17). The Bertz CT molecular complexity index is 355. The van der Waals surface area contributed by atoms with Gasteiger partial charge in [0.15, 0.2) is 0 Å². The molecule has 0 radical (unpaired) electrons. The van der Waals surface area contributed by atoms with Crippen molar-refractivity contribution in [2.75, 3.05) is 19.7 Å². The molecule has 5 heteroatoms. The molecule has 0 saturated carbocycles. The van der Waals surface area contributed by atoms with Gasteiger partial charge < -0.3 is 15.8 Å². The molecule has 0 fully saturated rings. The average molecular weight is 315 g/mol. The Balaban J connectivity index is 1.95. The van der Waals surface area contributed by atoms with Crippen molar-refractivity contribution >= 4 is 21.8 Å². The van der Waals surface area contributed by atoms with Gasteiger partial charge in [0.1, 0.15) is 12.4 Å². The van der Waals surface area contributed by atoms with Crippen LogP contribution in [0.1, 0.15) is 19.3 Å². The Morgan fingerprint density at radius 1 is 1.22 bits per heavy atom. The monoisotopic (exact) mass is 314 g/mol. The van der Waals surface area contributed by atoms with Gasteiger partial charge in [-0.05, 0) is 43.7 Å². The summed E-state index contributed by atoms with van der Waals surface area (Å²) in [5.74, 6) is 0.641. The first kappa shape index (κ1) is 15.0. The van der Waals surface area contributed by atoms with Gasteiger partial charge in [0.2, 0.25) is 5.91 Å². The van der Waals surface area contributed by atoms with E-state index in [1.54, 1.807) is 0 Å². The maximum absolute atomic E-state index is 10.5. The largest absolute Gasteiger partial charge is 0.492 e. The molecule has 0 spiro atoms. The molecule has 0 aliphatic carbocycles. The molecule has 1 rings (SSSR count). The highest BCUT2D eigenvalue weighted by Crippen LogP contribution is 2.15. The van der Waals surface area contributed by atoms with Crippen molar-refractivity contribution in [1.29, 1.82) is 0 Å². The summed E-state index contributed by atoms with van der Waals surface area (Å²) in [4.78, 5) is 10.5. The van der Waals surface area contributed by atoms with E-state index in [1.807, 2.05) is 24.3 Å². The SMILES string of the molecule is NC(=O)CCCCNCCOc1ccc(Br)cc1. The van der Waals surface area contributed by atoms with E-state index >= 15 is 0 Å². The van der Waals surface area contributed by atoms with Gasteiger partial charge in [0.25, 0.3) is 0 Å². The first-order chi connectivity index (χ1) is 8.68. The molecule has 0 aliphatic heterocycles. The van der Waals surface area contributed by atoms with Gasteiger partial charge in [-0.25, -0.2) is 0 Å². The topological polar surface area (TPSA) is 64.4 Å². The van der Waals surface area contributed by atoms with Crippen LogP contribution in [0.4, 0.5) is 0 Å². The number of carbonyl (C=O) groups excluding carboxylic acids is 1. The molecule has 4 nitrogen and oxygen atoms in total. The van der Waals surface area contributed by atoms with Gasteiger partial charge in [0.05, 0.1) is 0 Å². The lowest BCUT2D eigenvalue weighted by atomic mass is 10.2. The first-order valence-corrected chi connectivity index (χ1v) is 6.85. The smallest absolute Gasteiger partial charge is 0.217 e. The lowest BCUT2D eigenvalue weighted by Gasteiger charge is -2.07. The van der Waals surface area contributed by atoms with Gasteiger partial charge in [-0.2, -0.15) is 0 Å². The zero-order chi connectivity index (χ0) is 13.2. The number of benzene rings is 1. The molecule has 0 aliphatic rings. The molecule has 100 valence electrons. The van der Waals surface area contributed by atoms with Crippen LogP contribution in [-0.2, 0) is 4.79 Å². The number of nitrogens with one attached hydrogen (secondary N) is 1. The summed E-state index contributed by atoms with van der Waals surface area (Å²) in [7, 11) is 0. The lowest BCUT2D eigenvalue weighted by molar-refractivity contribution is -0.118. The Labute approximate surface area is 116 Å². The number of ether oxygens (including phenoxy) is 1. The summed E-state index contributed by atoms with van der Waals surface area (Å²) in [6.45, 7) is 2.32. The van der Waals surface area contributed by atoms with E-state index in [9.17, 15) is 4.79 Å². The van der Waals surface area contributed by atoms with Crippen LogP contribution in [0.15, 0.2) is 28.7 Å². The number of hydrogen-bond donors (Lipinski definition) is 2. The Morgan fingerprint density at radius 2 is 1.94 bits per heavy atom. The van der Waals surface area contributed by atoms with Gasteiger partial charge in [-0.3, -0.25) is 4.79 Å². The predicted octanol–water partition coefficient (Wildman–Crippen LogP) is 2.07. The summed E-state index contributed by atoms with van der Waals surface area (Å²) in [6, 6.07) is 7.76. The summed E-state index contributed by atoms with van der Waals surface area (Å²) >= 11 is 3.37. The molecule has 1 aromatic rings. The number of halogens is 1. The summed E-state index contributed by atoms with van der Waals surface area (Å²) in [5.41, 5.74) is 5.05. The number of hydrogen-bond acceptors (Lipinski definition) is 3. The third-order valence-electron chi connectivity index (χ3n) is 2.39. The van der Waals surface area contributed by atoms with E-state index in [2.05, 4.69) is 21.2 Å². The van der Waals surface area contributed by atoms with Crippen LogP contribution >= 0.6 is 15.9 Å². The summed E-state index contributed by atoms with van der Waals surface area (Å²) < 4.78 is 6.59. The number of rotatable bonds is 9. The minimum Gasteiger partial charge on any atom is -0.492 e. The molecule has 0 bridgehead atoms. The van der Waals surface area contributed by atoms with Crippen molar-refractivity contribution in [3.8, 4) is 5.75 Å². The fourth-order valence-electron chi connectivity index (χ4n) is 1.45. The van der Waals surface area contributed by atoms with Crippen molar-refractivity contribution < 1.29 is 9.53 Å². The fourth-order valence-corrected chi connectivity index (χ4v) is 1.71. The van der Waals surface area contributed by atoms with E-state index in [1.165, 1.54) is 0 Å². The number of amides is 1. The van der Waals surface area contributed by atoms with Gasteiger partial charge in [-0.15, -0.1) is 0 Å². The van der Waals surface area contributed by atoms with Gasteiger partial charge >= 0.3 is 0 Å². The molecule has 1 aromatic carbocycles. The fraction of sp³-hybridized carbons (Fsp3) is 0.462. The first-order valence-electron chi connectivity index (χ1n) is 6.06. The maximum atomic E-state index is 10.5.